The van der Waals surface area contributed by atoms with Crippen LogP contribution in [0.2, 0.25) is 0 Å². The second-order valence-electron chi connectivity index (χ2n) is 7.37. The van der Waals surface area contributed by atoms with Crippen molar-refractivity contribution in [2.24, 2.45) is 0 Å². The Morgan fingerprint density at radius 2 is 2.04 bits per heavy atom. The number of carbonyl (C=O) groups excluding carboxylic acids is 1. The molecule has 1 N–H and O–H groups in total. The predicted octanol–water partition coefficient (Wildman–Crippen LogP) is 2.60. The molecule has 0 bridgehead atoms. The average molecular weight is 423 g/mol. The lowest BCUT2D eigenvalue weighted by Gasteiger charge is -2.25. The largest absolute Gasteiger partial charge is 0.353 e. The van der Waals surface area contributed by atoms with E-state index in [-0.39, 0.29) is 11.9 Å². The van der Waals surface area contributed by atoms with Gasteiger partial charge in [0.15, 0.2) is 5.16 Å². The van der Waals surface area contributed by atoms with E-state index in [4.69, 9.17) is 4.98 Å². The van der Waals surface area contributed by atoms with Crippen LogP contribution in [0, 0.1) is 0 Å². The van der Waals surface area contributed by atoms with Gasteiger partial charge in [0.05, 0.1) is 15.9 Å². The first-order valence-corrected chi connectivity index (χ1v) is 12.3. The number of amides is 1. The van der Waals surface area contributed by atoms with Gasteiger partial charge in [-0.25, -0.2) is 13.4 Å². The maximum absolute atomic E-state index is 13.0. The summed E-state index contributed by atoms with van der Waals surface area (Å²) in [4.78, 5) is 16.4. The van der Waals surface area contributed by atoms with Crippen LogP contribution in [0.15, 0.2) is 28.3 Å². The lowest BCUT2D eigenvalue weighted by molar-refractivity contribution is -0.119. The van der Waals surface area contributed by atoms with Crippen molar-refractivity contribution in [2.75, 3.05) is 18.8 Å². The number of hydrogen-bond acceptors (Lipinski definition) is 5. The lowest BCUT2D eigenvalue weighted by atomic mass is 10.2. The van der Waals surface area contributed by atoms with Crippen molar-refractivity contribution < 1.29 is 13.2 Å². The van der Waals surface area contributed by atoms with Gasteiger partial charge >= 0.3 is 0 Å². The van der Waals surface area contributed by atoms with Crippen LogP contribution >= 0.6 is 11.8 Å². The zero-order valence-electron chi connectivity index (χ0n) is 16.1. The highest BCUT2D eigenvalue weighted by molar-refractivity contribution is 7.99. The van der Waals surface area contributed by atoms with Crippen molar-refractivity contribution >= 4 is 38.7 Å². The number of rotatable bonds is 6. The van der Waals surface area contributed by atoms with Gasteiger partial charge in [0.25, 0.3) is 0 Å². The smallest absolute Gasteiger partial charge is 0.243 e. The highest BCUT2D eigenvalue weighted by atomic mass is 32.2. The Balaban J connectivity index is 1.59. The molecule has 1 aromatic carbocycles. The number of benzene rings is 1. The number of piperidine rings is 1. The molecule has 28 heavy (non-hydrogen) atoms. The van der Waals surface area contributed by atoms with E-state index in [9.17, 15) is 13.2 Å². The molecule has 2 aliphatic rings. The molecule has 1 atom stereocenters. The van der Waals surface area contributed by atoms with Crippen molar-refractivity contribution in [3.8, 4) is 0 Å². The van der Waals surface area contributed by atoms with Crippen LogP contribution in [0.3, 0.4) is 0 Å². The molecule has 2 aliphatic heterocycles. The molecule has 2 aromatic rings. The molecule has 9 heteroatoms. The number of thioether (sulfide) groups is 1. The van der Waals surface area contributed by atoms with Crippen molar-refractivity contribution in [3.63, 3.8) is 0 Å². The quantitative estimate of drug-likeness (QED) is 0.724. The molecule has 0 saturated carbocycles. The lowest BCUT2D eigenvalue weighted by Crippen LogP contribution is -2.35. The maximum atomic E-state index is 13.0. The predicted molar refractivity (Wildman–Crippen MR) is 110 cm³/mol. The molecule has 4 rings (SSSR count). The molecule has 3 heterocycles. The number of nitrogens with one attached hydrogen (secondary N) is 1. The first kappa shape index (κ1) is 19.7. The molecule has 0 aliphatic carbocycles. The van der Waals surface area contributed by atoms with Gasteiger partial charge in [-0.05, 0) is 44.4 Å². The molecule has 1 amide bonds. The fourth-order valence-electron chi connectivity index (χ4n) is 3.90. The van der Waals surface area contributed by atoms with Gasteiger partial charge < -0.3 is 9.88 Å². The highest BCUT2D eigenvalue weighted by Gasteiger charge is 2.27. The Bertz CT molecular complexity index is 980. The molecule has 7 nitrogen and oxygen atoms in total. The summed E-state index contributed by atoms with van der Waals surface area (Å²) in [6.07, 6.45) is 4.38. The zero-order valence-corrected chi connectivity index (χ0v) is 17.7. The normalized spacial score (nSPS) is 21.3. The summed E-state index contributed by atoms with van der Waals surface area (Å²) in [5.41, 5.74) is 1.65. The number of sulfonamides is 1. The Morgan fingerprint density at radius 3 is 2.71 bits per heavy atom. The summed E-state index contributed by atoms with van der Waals surface area (Å²) in [6.45, 7) is 4.00. The summed E-state index contributed by atoms with van der Waals surface area (Å²) >= 11 is 1.62. The number of nitrogens with zero attached hydrogens (tertiary/aromatic N) is 3. The first-order valence-electron chi connectivity index (χ1n) is 9.91. The fourth-order valence-corrected chi connectivity index (χ4v) is 6.58. The molecule has 1 aromatic heterocycles. The van der Waals surface area contributed by atoms with Crippen LogP contribution in [-0.2, 0) is 21.4 Å². The molecule has 1 unspecified atom stereocenters. The fraction of sp³-hybridized carbons (Fsp3) is 0.579. The number of aromatic nitrogens is 2. The highest BCUT2D eigenvalue weighted by Crippen LogP contribution is 2.29. The van der Waals surface area contributed by atoms with E-state index in [0.29, 0.717) is 29.9 Å². The van der Waals surface area contributed by atoms with E-state index in [1.807, 2.05) is 6.07 Å². The SMILES string of the molecule is CCn1c(SCC2CCC(=O)N2)nc2cc(S(=O)(=O)N3CCCCC3)ccc21. The van der Waals surface area contributed by atoms with Crippen molar-refractivity contribution in [1.29, 1.82) is 0 Å². The zero-order chi connectivity index (χ0) is 19.7. The van der Waals surface area contributed by atoms with E-state index in [2.05, 4.69) is 16.8 Å². The molecular formula is C19H26N4O3S2. The minimum atomic E-state index is -3.47. The number of aryl methyl sites for hydroxylation is 1. The standard InChI is InChI=1S/C19H26N4O3S2/c1-2-23-17-8-7-15(28(25,26)22-10-4-3-5-11-22)12-16(17)21-19(23)27-13-14-6-9-18(24)20-14/h7-8,12,14H,2-6,9-11,13H2,1H3,(H,20,24). The van der Waals surface area contributed by atoms with E-state index in [1.165, 1.54) is 0 Å². The second kappa shape index (κ2) is 8.04. The Kier molecular flexibility index (Phi) is 5.66. The summed E-state index contributed by atoms with van der Waals surface area (Å²) in [5, 5.41) is 3.85. The van der Waals surface area contributed by atoms with Crippen molar-refractivity contribution in [2.45, 2.75) is 61.7 Å². The number of carbonyl (C=O) groups is 1. The van der Waals surface area contributed by atoms with Crippen molar-refractivity contribution in [3.05, 3.63) is 18.2 Å². The van der Waals surface area contributed by atoms with E-state index in [0.717, 1.165) is 48.7 Å². The molecule has 152 valence electrons. The summed E-state index contributed by atoms with van der Waals surface area (Å²) in [5.74, 6) is 0.885. The van der Waals surface area contributed by atoms with Gasteiger partial charge in [-0.3, -0.25) is 4.79 Å². The Hall–Kier alpha value is -1.58. The van der Waals surface area contributed by atoms with Gasteiger partial charge in [-0.15, -0.1) is 0 Å². The van der Waals surface area contributed by atoms with Gasteiger partial charge in [-0.2, -0.15) is 4.31 Å². The van der Waals surface area contributed by atoms with Crippen LogP contribution in [-0.4, -0.2) is 53.1 Å². The third-order valence-corrected chi connectivity index (χ3v) is 8.49. The van der Waals surface area contributed by atoms with Crippen molar-refractivity contribution in [1.82, 2.24) is 19.2 Å². The van der Waals surface area contributed by atoms with Gasteiger partial charge in [0, 0.05) is 37.8 Å². The number of fused-ring (bicyclic) bond motifs is 1. The van der Waals surface area contributed by atoms with Crippen LogP contribution in [0.25, 0.3) is 11.0 Å². The Labute approximate surface area is 169 Å². The van der Waals surface area contributed by atoms with E-state index in [1.54, 1.807) is 28.2 Å². The van der Waals surface area contributed by atoms with Crippen LogP contribution < -0.4 is 5.32 Å². The second-order valence-corrected chi connectivity index (χ2v) is 10.3. The van der Waals surface area contributed by atoms with Gasteiger partial charge in [-0.1, -0.05) is 18.2 Å². The minimum Gasteiger partial charge on any atom is -0.353 e. The monoisotopic (exact) mass is 422 g/mol. The third kappa shape index (κ3) is 3.79. The Morgan fingerprint density at radius 1 is 1.25 bits per heavy atom. The average Bonchev–Trinajstić information content (AvgIpc) is 3.28. The van der Waals surface area contributed by atoms with Crippen LogP contribution in [0.5, 0.6) is 0 Å². The molecular weight excluding hydrogens is 396 g/mol. The molecule has 2 saturated heterocycles. The van der Waals surface area contributed by atoms with E-state index < -0.39 is 10.0 Å². The molecule has 2 fully saturated rings. The summed E-state index contributed by atoms with van der Waals surface area (Å²) in [7, 11) is -3.47. The number of hydrogen-bond donors (Lipinski definition) is 1. The minimum absolute atomic E-state index is 0.113. The maximum Gasteiger partial charge on any atom is 0.243 e. The van der Waals surface area contributed by atoms with Gasteiger partial charge in [0.2, 0.25) is 15.9 Å². The van der Waals surface area contributed by atoms with Crippen LogP contribution in [0.1, 0.15) is 39.0 Å². The van der Waals surface area contributed by atoms with Gasteiger partial charge in [0.1, 0.15) is 0 Å². The molecule has 0 spiro atoms. The topological polar surface area (TPSA) is 84.3 Å². The molecule has 0 radical (unpaired) electrons. The number of imidazole rings is 1. The first-order chi connectivity index (χ1) is 13.5. The summed E-state index contributed by atoms with van der Waals surface area (Å²) in [6, 6.07) is 5.44. The van der Waals surface area contributed by atoms with Crippen LogP contribution in [0.4, 0.5) is 0 Å². The summed E-state index contributed by atoms with van der Waals surface area (Å²) < 4.78 is 29.6. The third-order valence-electron chi connectivity index (χ3n) is 5.45. The van der Waals surface area contributed by atoms with E-state index >= 15 is 0 Å².